The van der Waals surface area contributed by atoms with Crippen molar-refractivity contribution < 1.29 is 19.4 Å². The smallest absolute Gasteiger partial charge is 0.412 e. The SMILES string of the molecule is Cc1c(C(=O)O)ccc(Cl)c1NC(=O)OC(C)(C)C. The molecule has 0 heterocycles. The van der Waals surface area contributed by atoms with Crippen molar-refractivity contribution >= 4 is 29.4 Å². The minimum absolute atomic E-state index is 0.0791. The predicted molar refractivity (Wildman–Crippen MR) is 73.0 cm³/mol. The number of hydrogen-bond donors (Lipinski definition) is 2. The third kappa shape index (κ3) is 4.13. The predicted octanol–water partition coefficient (Wildman–Crippen LogP) is 3.69. The molecule has 2 N–H and O–H groups in total. The average Bonchev–Trinajstić information content (AvgIpc) is 2.21. The summed E-state index contributed by atoms with van der Waals surface area (Å²) in [6.07, 6.45) is -0.681. The van der Waals surface area contributed by atoms with Crippen molar-refractivity contribution in [1.29, 1.82) is 0 Å². The molecule has 0 aliphatic carbocycles. The van der Waals surface area contributed by atoms with Crippen molar-refractivity contribution in [3.05, 3.63) is 28.3 Å². The highest BCUT2D eigenvalue weighted by Gasteiger charge is 2.20. The normalized spacial score (nSPS) is 11.0. The van der Waals surface area contributed by atoms with Crippen LogP contribution in [0.15, 0.2) is 12.1 Å². The lowest BCUT2D eigenvalue weighted by Crippen LogP contribution is -2.27. The molecule has 0 aromatic heterocycles. The quantitative estimate of drug-likeness (QED) is 0.869. The molecule has 5 nitrogen and oxygen atoms in total. The van der Waals surface area contributed by atoms with Crippen molar-refractivity contribution in [2.24, 2.45) is 0 Å². The van der Waals surface area contributed by atoms with E-state index in [1.54, 1.807) is 27.7 Å². The van der Waals surface area contributed by atoms with Crippen LogP contribution in [0.1, 0.15) is 36.7 Å². The highest BCUT2D eigenvalue weighted by atomic mass is 35.5. The first-order valence-electron chi connectivity index (χ1n) is 5.64. The van der Waals surface area contributed by atoms with Crippen LogP contribution in [0.5, 0.6) is 0 Å². The minimum atomic E-state index is -1.08. The monoisotopic (exact) mass is 285 g/mol. The van der Waals surface area contributed by atoms with Gasteiger partial charge in [0.1, 0.15) is 5.60 Å². The van der Waals surface area contributed by atoms with Crippen LogP contribution in [-0.4, -0.2) is 22.8 Å². The van der Waals surface area contributed by atoms with Crippen LogP contribution in [0, 0.1) is 6.92 Å². The molecule has 0 bridgehead atoms. The number of rotatable bonds is 2. The number of amides is 1. The molecule has 0 aliphatic heterocycles. The largest absolute Gasteiger partial charge is 0.478 e. The molecule has 0 spiro atoms. The summed E-state index contributed by atoms with van der Waals surface area (Å²) in [5.41, 5.74) is 0.0617. The second kappa shape index (κ2) is 5.48. The number of carboxylic acids is 1. The highest BCUT2D eigenvalue weighted by Crippen LogP contribution is 2.29. The maximum Gasteiger partial charge on any atom is 0.412 e. The number of halogens is 1. The van der Waals surface area contributed by atoms with Gasteiger partial charge in [-0.15, -0.1) is 0 Å². The van der Waals surface area contributed by atoms with Crippen LogP contribution in [-0.2, 0) is 4.74 Å². The summed E-state index contributed by atoms with van der Waals surface area (Å²) in [6.45, 7) is 6.76. The van der Waals surface area contributed by atoms with Crippen molar-refractivity contribution in [2.75, 3.05) is 5.32 Å². The van der Waals surface area contributed by atoms with Gasteiger partial charge < -0.3 is 9.84 Å². The molecule has 0 saturated carbocycles. The summed E-state index contributed by atoms with van der Waals surface area (Å²) in [7, 11) is 0. The summed E-state index contributed by atoms with van der Waals surface area (Å²) in [5, 5.41) is 11.7. The number of anilines is 1. The Hall–Kier alpha value is -1.75. The van der Waals surface area contributed by atoms with Crippen molar-refractivity contribution in [1.82, 2.24) is 0 Å². The summed E-state index contributed by atoms with van der Waals surface area (Å²) in [4.78, 5) is 22.7. The maximum atomic E-state index is 11.7. The molecule has 0 radical (unpaired) electrons. The molecular weight excluding hydrogens is 270 g/mol. The lowest BCUT2D eigenvalue weighted by atomic mass is 10.1. The summed E-state index contributed by atoms with van der Waals surface area (Å²) < 4.78 is 5.10. The Balaban J connectivity index is 3.04. The lowest BCUT2D eigenvalue weighted by Gasteiger charge is -2.20. The molecule has 104 valence electrons. The molecule has 1 rings (SSSR count). The molecular formula is C13H16ClNO4. The van der Waals surface area contributed by atoms with E-state index in [9.17, 15) is 9.59 Å². The van der Waals surface area contributed by atoms with Gasteiger partial charge in [-0.05, 0) is 45.4 Å². The summed E-state index contributed by atoms with van der Waals surface area (Å²) in [5.74, 6) is -1.08. The molecule has 0 aliphatic rings. The van der Waals surface area contributed by atoms with E-state index in [0.717, 1.165) is 0 Å². The van der Waals surface area contributed by atoms with E-state index in [0.29, 0.717) is 5.56 Å². The zero-order chi connectivity index (χ0) is 14.8. The first-order chi connectivity index (χ1) is 8.61. The number of hydrogen-bond acceptors (Lipinski definition) is 3. The van der Waals surface area contributed by atoms with Crippen LogP contribution in [0.4, 0.5) is 10.5 Å². The minimum Gasteiger partial charge on any atom is -0.478 e. The first kappa shape index (κ1) is 15.3. The Kier molecular flexibility index (Phi) is 4.42. The third-order valence-electron chi connectivity index (χ3n) is 2.27. The van der Waals surface area contributed by atoms with Gasteiger partial charge in [0.25, 0.3) is 0 Å². The van der Waals surface area contributed by atoms with Gasteiger partial charge in [-0.1, -0.05) is 11.6 Å². The van der Waals surface area contributed by atoms with Crippen molar-refractivity contribution in [3.8, 4) is 0 Å². The number of carbonyl (C=O) groups excluding carboxylic acids is 1. The number of ether oxygens (including phenoxy) is 1. The van der Waals surface area contributed by atoms with Gasteiger partial charge in [-0.2, -0.15) is 0 Å². The Bertz CT molecular complexity index is 520. The third-order valence-corrected chi connectivity index (χ3v) is 2.59. The van der Waals surface area contributed by atoms with Gasteiger partial charge in [0.2, 0.25) is 0 Å². The fourth-order valence-corrected chi connectivity index (χ4v) is 1.72. The molecule has 6 heteroatoms. The summed E-state index contributed by atoms with van der Waals surface area (Å²) >= 11 is 5.96. The zero-order valence-corrected chi connectivity index (χ0v) is 12.0. The second-order valence-electron chi connectivity index (χ2n) is 5.03. The fraction of sp³-hybridized carbons (Fsp3) is 0.385. The second-order valence-corrected chi connectivity index (χ2v) is 5.43. The zero-order valence-electron chi connectivity index (χ0n) is 11.2. The molecule has 1 amide bonds. The van der Waals surface area contributed by atoms with Gasteiger partial charge in [0.15, 0.2) is 0 Å². The molecule has 19 heavy (non-hydrogen) atoms. The molecule has 1 aromatic carbocycles. The molecule has 0 saturated heterocycles. The van der Waals surface area contributed by atoms with E-state index in [1.807, 2.05) is 0 Å². The van der Waals surface area contributed by atoms with Crippen LogP contribution in [0.2, 0.25) is 5.02 Å². The maximum absolute atomic E-state index is 11.7. The number of carboxylic acid groups (broad SMARTS) is 1. The number of aromatic carboxylic acids is 1. The van der Waals surface area contributed by atoms with Crippen molar-refractivity contribution in [2.45, 2.75) is 33.3 Å². The van der Waals surface area contributed by atoms with Gasteiger partial charge in [0.05, 0.1) is 16.3 Å². The fourth-order valence-electron chi connectivity index (χ4n) is 1.47. The highest BCUT2D eigenvalue weighted by molar-refractivity contribution is 6.34. The molecule has 0 atom stereocenters. The van der Waals surface area contributed by atoms with Crippen LogP contribution in [0.3, 0.4) is 0 Å². The van der Waals surface area contributed by atoms with Gasteiger partial charge in [-0.3, -0.25) is 5.32 Å². The topological polar surface area (TPSA) is 75.6 Å². The van der Waals surface area contributed by atoms with E-state index in [2.05, 4.69) is 5.32 Å². The number of benzene rings is 1. The average molecular weight is 286 g/mol. The van der Waals surface area contributed by atoms with E-state index in [4.69, 9.17) is 21.4 Å². The van der Waals surface area contributed by atoms with Gasteiger partial charge in [-0.25, -0.2) is 9.59 Å². The van der Waals surface area contributed by atoms with E-state index < -0.39 is 17.7 Å². The Morgan fingerprint density at radius 3 is 2.37 bits per heavy atom. The Morgan fingerprint density at radius 2 is 1.89 bits per heavy atom. The summed E-state index contributed by atoms with van der Waals surface area (Å²) in [6, 6.07) is 2.81. The van der Waals surface area contributed by atoms with E-state index in [-0.39, 0.29) is 16.3 Å². The van der Waals surface area contributed by atoms with E-state index in [1.165, 1.54) is 12.1 Å². The Labute approximate surface area is 116 Å². The molecule has 0 fully saturated rings. The van der Waals surface area contributed by atoms with Gasteiger partial charge in [0, 0.05) is 0 Å². The van der Waals surface area contributed by atoms with Crippen LogP contribution < -0.4 is 5.32 Å². The standard InChI is InChI=1S/C13H16ClNO4/c1-7-8(11(16)17)5-6-9(14)10(7)15-12(18)19-13(2,3)4/h5-6H,1-4H3,(H,15,18)(H,16,17). The molecule has 1 aromatic rings. The number of carbonyl (C=O) groups is 2. The van der Waals surface area contributed by atoms with Crippen molar-refractivity contribution in [3.63, 3.8) is 0 Å². The van der Waals surface area contributed by atoms with Crippen LogP contribution >= 0.6 is 11.6 Å². The Morgan fingerprint density at radius 1 is 1.32 bits per heavy atom. The van der Waals surface area contributed by atoms with E-state index >= 15 is 0 Å². The molecule has 0 unspecified atom stereocenters. The van der Waals surface area contributed by atoms with Gasteiger partial charge >= 0.3 is 12.1 Å². The number of nitrogens with one attached hydrogen (secondary N) is 1. The first-order valence-corrected chi connectivity index (χ1v) is 6.02. The van der Waals surface area contributed by atoms with Crippen LogP contribution in [0.25, 0.3) is 0 Å². The lowest BCUT2D eigenvalue weighted by molar-refractivity contribution is 0.0632.